The molecule has 1 aliphatic carbocycles. The zero-order valence-electron chi connectivity index (χ0n) is 14.0. The Morgan fingerprint density at radius 3 is 2.45 bits per heavy atom. The Hall–Kier alpha value is -1.48. The van der Waals surface area contributed by atoms with Crippen molar-refractivity contribution in [1.82, 2.24) is 3.97 Å². The van der Waals surface area contributed by atoms with Crippen molar-refractivity contribution >= 4 is 15.6 Å². The molecule has 1 heterocycles. The van der Waals surface area contributed by atoms with Crippen LogP contribution in [0.3, 0.4) is 0 Å². The third-order valence-corrected chi connectivity index (χ3v) is 6.78. The summed E-state index contributed by atoms with van der Waals surface area (Å²) in [6.45, 7) is 8.75. The second-order valence-corrected chi connectivity index (χ2v) is 9.50. The fraction of sp³-hybridized carbons (Fsp3) is 0.421. The zero-order chi connectivity index (χ0) is 16.1. The van der Waals surface area contributed by atoms with Crippen molar-refractivity contribution in [3.63, 3.8) is 0 Å². The van der Waals surface area contributed by atoms with Gasteiger partial charge >= 0.3 is 0 Å². The highest BCUT2D eigenvalue weighted by Crippen LogP contribution is 2.38. The third kappa shape index (κ3) is 2.52. The van der Waals surface area contributed by atoms with Crippen molar-refractivity contribution in [3.8, 4) is 0 Å². The van der Waals surface area contributed by atoms with Crippen LogP contribution < -0.4 is 0 Å². The molecule has 1 aromatic heterocycles. The van der Waals surface area contributed by atoms with Gasteiger partial charge in [-0.2, -0.15) is 0 Å². The third-order valence-electron chi connectivity index (χ3n) is 4.81. The maximum atomic E-state index is 13.4. The molecule has 2 nitrogen and oxygen atoms in total. The summed E-state index contributed by atoms with van der Waals surface area (Å²) in [6, 6.07) is 7.90. The zero-order valence-corrected chi connectivity index (χ0v) is 14.8. The van der Waals surface area contributed by atoms with E-state index in [2.05, 4.69) is 26.6 Å². The lowest BCUT2D eigenvalue weighted by atomic mass is 9.76. The molecular formula is C19H25NOS. The summed E-state index contributed by atoms with van der Waals surface area (Å²) in [5.74, 6) is 4.10. The van der Waals surface area contributed by atoms with Gasteiger partial charge in [0.05, 0.1) is 9.71 Å². The van der Waals surface area contributed by atoms with Crippen LogP contribution in [0.1, 0.15) is 42.7 Å². The van der Waals surface area contributed by atoms with Crippen molar-refractivity contribution in [1.29, 1.82) is 0 Å². The van der Waals surface area contributed by atoms with E-state index in [4.69, 9.17) is 0 Å². The molecule has 3 heteroatoms. The van der Waals surface area contributed by atoms with E-state index < -0.39 is 9.71 Å². The van der Waals surface area contributed by atoms with Gasteiger partial charge in [-0.05, 0) is 67.7 Å². The standard InChI is InChI=1S/C19H25NOS/c1-14-6-8-16(9-7-14)22(5,21)20-13-15(2)17-10-11-19(3,4)12-18(17)20/h6-9,13H,5,10-12H2,1-4H3. The molecule has 0 bridgehead atoms. The van der Waals surface area contributed by atoms with Gasteiger partial charge in [-0.25, -0.2) is 4.21 Å². The number of fused-ring (bicyclic) bond motifs is 1. The van der Waals surface area contributed by atoms with Gasteiger partial charge in [0.15, 0.2) is 0 Å². The molecule has 0 radical (unpaired) electrons. The molecule has 0 fully saturated rings. The molecule has 0 saturated heterocycles. The smallest absolute Gasteiger partial charge is 0.0798 e. The maximum absolute atomic E-state index is 13.4. The van der Waals surface area contributed by atoms with Gasteiger partial charge in [-0.3, -0.25) is 3.97 Å². The van der Waals surface area contributed by atoms with Crippen LogP contribution in [0, 0.1) is 19.3 Å². The lowest BCUT2D eigenvalue weighted by Crippen LogP contribution is -2.26. The number of nitrogens with zero attached hydrogens (tertiary/aromatic N) is 1. The van der Waals surface area contributed by atoms with E-state index >= 15 is 0 Å². The van der Waals surface area contributed by atoms with E-state index in [0.29, 0.717) is 0 Å². The predicted octanol–water partition coefficient (Wildman–Crippen LogP) is 4.16. The first-order chi connectivity index (χ1) is 10.2. The van der Waals surface area contributed by atoms with Gasteiger partial charge in [0.1, 0.15) is 0 Å². The van der Waals surface area contributed by atoms with Crippen molar-refractivity contribution in [3.05, 3.63) is 52.8 Å². The highest BCUT2D eigenvalue weighted by molar-refractivity contribution is 7.99. The first-order valence-electron chi connectivity index (χ1n) is 7.85. The van der Waals surface area contributed by atoms with Gasteiger partial charge in [0.25, 0.3) is 0 Å². The first-order valence-corrected chi connectivity index (χ1v) is 9.53. The van der Waals surface area contributed by atoms with Gasteiger partial charge in [-0.1, -0.05) is 31.5 Å². The number of aromatic nitrogens is 1. The summed E-state index contributed by atoms with van der Waals surface area (Å²) < 4.78 is 15.4. The van der Waals surface area contributed by atoms with Crippen LogP contribution in [0.15, 0.2) is 35.4 Å². The Morgan fingerprint density at radius 2 is 1.82 bits per heavy atom. The largest absolute Gasteiger partial charge is 0.275 e. The van der Waals surface area contributed by atoms with Crippen LogP contribution in [-0.4, -0.2) is 14.1 Å². The molecule has 3 rings (SSSR count). The fourth-order valence-electron chi connectivity index (χ4n) is 3.35. The number of hydrogen-bond acceptors (Lipinski definition) is 1. The molecule has 0 saturated carbocycles. The van der Waals surface area contributed by atoms with Gasteiger partial charge < -0.3 is 0 Å². The highest BCUT2D eigenvalue weighted by atomic mass is 32.2. The Balaban J connectivity index is 2.15. The molecule has 1 aromatic carbocycles. The molecule has 0 N–H and O–H groups in total. The molecule has 0 amide bonds. The highest BCUT2D eigenvalue weighted by Gasteiger charge is 2.30. The normalized spacial score (nSPS) is 19.5. The van der Waals surface area contributed by atoms with Gasteiger partial charge in [0, 0.05) is 16.8 Å². The van der Waals surface area contributed by atoms with E-state index in [1.54, 1.807) is 0 Å². The van der Waals surface area contributed by atoms with Crippen LogP contribution in [-0.2, 0) is 22.5 Å². The average Bonchev–Trinajstić information content (AvgIpc) is 2.75. The molecule has 22 heavy (non-hydrogen) atoms. The van der Waals surface area contributed by atoms with Crippen LogP contribution in [0.4, 0.5) is 0 Å². The maximum Gasteiger partial charge on any atom is 0.0798 e. The summed E-state index contributed by atoms with van der Waals surface area (Å²) in [5.41, 5.74) is 5.27. The Labute approximate surface area is 134 Å². The Morgan fingerprint density at radius 1 is 1.18 bits per heavy atom. The summed E-state index contributed by atoms with van der Waals surface area (Å²) in [5, 5.41) is 0. The van der Waals surface area contributed by atoms with Crippen molar-refractivity contribution in [2.45, 2.75) is 51.9 Å². The van der Waals surface area contributed by atoms with Crippen LogP contribution in [0.5, 0.6) is 0 Å². The van der Waals surface area contributed by atoms with E-state index in [0.717, 1.165) is 17.7 Å². The average molecular weight is 315 g/mol. The molecule has 1 unspecified atom stereocenters. The molecule has 1 aliphatic rings. The molecule has 1 atom stereocenters. The van der Waals surface area contributed by atoms with Crippen molar-refractivity contribution < 1.29 is 4.21 Å². The lowest BCUT2D eigenvalue weighted by molar-refractivity contribution is 0.311. The van der Waals surface area contributed by atoms with Gasteiger partial charge in [-0.15, -0.1) is 0 Å². The van der Waals surface area contributed by atoms with Crippen LogP contribution >= 0.6 is 0 Å². The summed E-state index contributed by atoms with van der Waals surface area (Å²) in [6.07, 6.45) is 5.27. The fourth-order valence-corrected chi connectivity index (χ4v) is 5.00. The molecule has 0 aliphatic heterocycles. The second kappa shape index (κ2) is 5.02. The van der Waals surface area contributed by atoms with E-state index in [9.17, 15) is 4.21 Å². The number of benzene rings is 1. The first kappa shape index (κ1) is 15.4. The summed E-state index contributed by atoms with van der Waals surface area (Å²) in [7, 11) is -2.51. The molecule has 2 aromatic rings. The summed E-state index contributed by atoms with van der Waals surface area (Å²) >= 11 is 0. The Bertz CT molecular complexity index is 808. The van der Waals surface area contributed by atoms with Crippen molar-refractivity contribution in [2.24, 2.45) is 5.41 Å². The number of hydrogen-bond donors (Lipinski definition) is 0. The Kier molecular flexibility index (Phi) is 3.52. The second-order valence-electron chi connectivity index (χ2n) is 7.36. The number of rotatable bonds is 2. The van der Waals surface area contributed by atoms with Crippen LogP contribution in [0.2, 0.25) is 0 Å². The van der Waals surface area contributed by atoms with Crippen molar-refractivity contribution in [2.75, 3.05) is 0 Å². The molecule has 0 spiro atoms. The predicted molar refractivity (Wildman–Crippen MR) is 95.1 cm³/mol. The number of aryl methyl sites for hydroxylation is 2. The monoisotopic (exact) mass is 315 g/mol. The summed E-state index contributed by atoms with van der Waals surface area (Å²) in [4.78, 5) is 0.805. The SMILES string of the molecule is C=S(=O)(c1ccc(C)cc1)n1cc(C)c2c1CC(C)(C)CC2. The van der Waals surface area contributed by atoms with Crippen LogP contribution in [0.25, 0.3) is 0 Å². The minimum atomic E-state index is -2.51. The minimum Gasteiger partial charge on any atom is -0.275 e. The quantitative estimate of drug-likeness (QED) is 0.763. The topological polar surface area (TPSA) is 22.0 Å². The lowest BCUT2D eigenvalue weighted by Gasteiger charge is -2.31. The minimum absolute atomic E-state index is 0.262. The molecular weight excluding hydrogens is 290 g/mol. The molecule has 118 valence electrons. The van der Waals surface area contributed by atoms with E-state index in [1.165, 1.54) is 28.8 Å². The van der Waals surface area contributed by atoms with E-state index in [1.807, 2.05) is 41.4 Å². The van der Waals surface area contributed by atoms with Gasteiger partial charge in [0.2, 0.25) is 0 Å². The van der Waals surface area contributed by atoms with E-state index in [-0.39, 0.29) is 5.41 Å².